The molecule has 0 heterocycles. The van der Waals surface area contributed by atoms with Gasteiger partial charge in [0.2, 0.25) is 5.91 Å². The minimum Gasteiger partial charge on any atom is -0.459 e. The average Bonchev–Trinajstić information content (AvgIpc) is 2.21. The molecule has 0 bridgehead atoms. The Morgan fingerprint density at radius 2 is 1.61 bits per heavy atom. The van der Waals surface area contributed by atoms with Gasteiger partial charge in [-0.05, 0) is 6.92 Å². The van der Waals surface area contributed by atoms with E-state index in [2.05, 4.69) is 5.32 Å². The number of esters is 2. The maximum absolute atomic E-state index is 11.0. The highest BCUT2D eigenvalue weighted by molar-refractivity contribution is 5.73. The number of amides is 1. The fourth-order valence-corrected chi connectivity index (χ4v) is 1.52. The van der Waals surface area contributed by atoms with E-state index in [1.54, 1.807) is 0 Å². The zero-order chi connectivity index (χ0) is 14.3. The molecule has 0 aromatic carbocycles. The Morgan fingerprint density at radius 1 is 1.11 bits per heavy atom. The third-order valence-corrected chi connectivity index (χ3v) is 2.10. The van der Waals surface area contributed by atoms with Crippen molar-refractivity contribution in [2.24, 2.45) is 0 Å². The summed E-state index contributed by atoms with van der Waals surface area (Å²) in [6.07, 6.45) is -1.73. The van der Waals surface area contributed by atoms with Gasteiger partial charge in [-0.3, -0.25) is 14.4 Å². The van der Waals surface area contributed by atoms with Crippen LogP contribution >= 0.6 is 0 Å². The first kappa shape index (κ1) is 16.4. The van der Waals surface area contributed by atoms with Gasteiger partial charge in [0, 0.05) is 20.8 Å². The van der Waals surface area contributed by atoms with E-state index in [-0.39, 0.29) is 5.91 Å². The first-order valence-electron chi connectivity index (χ1n) is 5.50. The normalized spacial score (nSPS) is 15.2. The number of hydrogen-bond donors (Lipinski definition) is 2. The molecule has 0 spiro atoms. The predicted molar refractivity (Wildman–Crippen MR) is 61.5 cm³/mol. The zero-order valence-electron chi connectivity index (χ0n) is 10.9. The fraction of sp³-hybridized carbons (Fsp3) is 0.727. The molecule has 7 nitrogen and oxygen atoms in total. The Morgan fingerprint density at radius 3 is 1.94 bits per heavy atom. The van der Waals surface area contributed by atoms with Gasteiger partial charge >= 0.3 is 11.9 Å². The molecule has 0 aliphatic rings. The maximum atomic E-state index is 11.0. The van der Waals surface area contributed by atoms with Gasteiger partial charge in [0.1, 0.15) is 6.10 Å². The predicted octanol–water partition coefficient (Wildman–Crippen LogP) is -0.633. The molecule has 3 atom stereocenters. The van der Waals surface area contributed by atoms with Crippen LogP contribution in [-0.2, 0) is 23.9 Å². The molecule has 7 heteroatoms. The van der Waals surface area contributed by atoms with Gasteiger partial charge in [-0.25, -0.2) is 0 Å². The van der Waals surface area contributed by atoms with Gasteiger partial charge in [0.15, 0.2) is 6.10 Å². The number of ether oxygens (including phenoxy) is 2. The van der Waals surface area contributed by atoms with E-state index in [1.165, 1.54) is 27.7 Å². The summed E-state index contributed by atoms with van der Waals surface area (Å²) in [6.45, 7) is 4.75. The molecule has 0 aliphatic heterocycles. The van der Waals surface area contributed by atoms with Crippen molar-refractivity contribution in [3.8, 4) is 0 Å². The molecule has 0 rings (SSSR count). The molecule has 0 aromatic heterocycles. The molecule has 0 saturated heterocycles. The summed E-state index contributed by atoms with van der Waals surface area (Å²) >= 11 is 0. The van der Waals surface area contributed by atoms with Crippen LogP contribution in [-0.4, -0.2) is 47.8 Å². The fourth-order valence-electron chi connectivity index (χ4n) is 1.52. The van der Waals surface area contributed by atoms with E-state index in [9.17, 15) is 19.5 Å². The average molecular weight is 261 g/mol. The quantitative estimate of drug-likeness (QED) is 0.617. The van der Waals surface area contributed by atoms with E-state index < -0.39 is 36.8 Å². The molecule has 0 aliphatic carbocycles. The monoisotopic (exact) mass is 261 g/mol. The van der Waals surface area contributed by atoms with Crippen molar-refractivity contribution < 1.29 is 29.0 Å². The van der Waals surface area contributed by atoms with E-state index in [0.717, 1.165) is 0 Å². The number of aliphatic hydroxyl groups excluding tert-OH is 1. The van der Waals surface area contributed by atoms with Crippen LogP contribution in [0.15, 0.2) is 0 Å². The van der Waals surface area contributed by atoms with E-state index in [0.29, 0.717) is 0 Å². The Kier molecular flexibility index (Phi) is 6.96. The number of rotatable bonds is 6. The molecule has 0 unspecified atom stereocenters. The molecule has 0 fully saturated rings. The number of carbonyl (C=O) groups excluding carboxylic acids is 3. The molecular weight excluding hydrogens is 242 g/mol. The molecule has 0 saturated carbocycles. The molecular formula is C11H19NO6. The summed E-state index contributed by atoms with van der Waals surface area (Å²) in [6, 6.07) is -0.833. The lowest BCUT2D eigenvalue weighted by Gasteiger charge is -2.29. The Balaban J connectivity index is 4.86. The van der Waals surface area contributed by atoms with E-state index in [4.69, 9.17) is 9.47 Å². The van der Waals surface area contributed by atoms with Crippen molar-refractivity contribution in [2.45, 2.75) is 45.9 Å². The van der Waals surface area contributed by atoms with Crippen molar-refractivity contribution in [1.29, 1.82) is 0 Å². The maximum Gasteiger partial charge on any atom is 0.303 e. The van der Waals surface area contributed by atoms with Crippen LogP contribution in [0.5, 0.6) is 0 Å². The highest BCUT2D eigenvalue weighted by Gasteiger charge is 2.32. The van der Waals surface area contributed by atoms with Crippen LogP contribution in [0.2, 0.25) is 0 Å². The summed E-state index contributed by atoms with van der Waals surface area (Å²) in [7, 11) is 0. The number of nitrogens with one attached hydrogen (secondary N) is 1. The van der Waals surface area contributed by atoms with Crippen molar-refractivity contribution in [1.82, 2.24) is 5.32 Å². The van der Waals surface area contributed by atoms with E-state index >= 15 is 0 Å². The Hall–Kier alpha value is -1.63. The van der Waals surface area contributed by atoms with Gasteiger partial charge in [-0.2, -0.15) is 0 Å². The lowest BCUT2D eigenvalue weighted by Crippen LogP contribution is -2.52. The number of hydrogen-bond acceptors (Lipinski definition) is 6. The third kappa shape index (κ3) is 6.19. The molecule has 0 aromatic rings. The summed E-state index contributed by atoms with van der Waals surface area (Å²) in [5, 5.41) is 11.6. The summed E-state index contributed by atoms with van der Waals surface area (Å²) in [5.41, 5.74) is 0. The van der Waals surface area contributed by atoms with Gasteiger partial charge in [0.05, 0.1) is 12.6 Å². The largest absolute Gasteiger partial charge is 0.459 e. The lowest BCUT2D eigenvalue weighted by molar-refractivity contribution is -0.167. The van der Waals surface area contributed by atoms with Gasteiger partial charge in [0.25, 0.3) is 0 Å². The van der Waals surface area contributed by atoms with Crippen LogP contribution in [0.1, 0.15) is 27.7 Å². The summed E-state index contributed by atoms with van der Waals surface area (Å²) in [5.74, 6) is -1.52. The molecule has 18 heavy (non-hydrogen) atoms. The smallest absolute Gasteiger partial charge is 0.303 e. The summed E-state index contributed by atoms with van der Waals surface area (Å²) in [4.78, 5) is 32.8. The Bertz CT molecular complexity index is 317. The number of carbonyl (C=O) groups is 3. The van der Waals surface area contributed by atoms with Crippen molar-refractivity contribution in [3.63, 3.8) is 0 Å². The lowest BCUT2D eigenvalue weighted by atomic mass is 10.1. The third-order valence-electron chi connectivity index (χ3n) is 2.10. The highest BCUT2D eigenvalue weighted by Crippen LogP contribution is 2.10. The van der Waals surface area contributed by atoms with Crippen LogP contribution in [0.4, 0.5) is 0 Å². The van der Waals surface area contributed by atoms with Gasteiger partial charge in [-0.15, -0.1) is 0 Å². The summed E-state index contributed by atoms with van der Waals surface area (Å²) < 4.78 is 9.88. The van der Waals surface area contributed by atoms with Crippen LogP contribution < -0.4 is 5.32 Å². The molecule has 1 amide bonds. The second-order valence-corrected chi connectivity index (χ2v) is 3.88. The van der Waals surface area contributed by atoms with E-state index in [1.807, 2.05) is 0 Å². The highest BCUT2D eigenvalue weighted by atomic mass is 16.6. The Labute approximate surface area is 105 Å². The van der Waals surface area contributed by atoms with Gasteiger partial charge < -0.3 is 19.9 Å². The van der Waals surface area contributed by atoms with Crippen LogP contribution in [0.3, 0.4) is 0 Å². The minimum absolute atomic E-state index is 0.388. The van der Waals surface area contributed by atoms with Crippen molar-refractivity contribution in [3.05, 3.63) is 0 Å². The first-order chi connectivity index (χ1) is 8.27. The van der Waals surface area contributed by atoms with Gasteiger partial charge in [-0.1, -0.05) is 0 Å². The standard InChI is InChI=1S/C11H19NO6/c1-6(17-8(3)15)11(18-9(4)16)10(5-13)12-7(2)14/h6,10-11,13H,5H2,1-4H3,(H,12,14)/t6-,10-,11+/m0/s1. The van der Waals surface area contributed by atoms with Crippen LogP contribution in [0, 0.1) is 0 Å². The molecule has 2 N–H and O–H groups in total. The SMILES string of the molecule is CC(=O)N[C@@H](CO)[C@H](OC(C)=O)[C@H](C)OC(C)=O. The van der Waals surface area contributed by atoms with Crippen molar-refractivity contribution in [2.75, 3.05) is 6.61 Å². The second kappa shape index (κ2) is 7.65. The zero-order valence-corrected chi connectivity index (χ0v) is 10.9. The molecule has 104 valence electrons. The van der Waals surface area contributed by atoms with Crippen molar-refractivity contribution >= 4 is 17.8 Å². The topological polar surface area (TPSA) is 102 Å². The second-order valence-electron chi connectivity index (χ2n) is 3.88. The minimum atomic E-state index is -0.944. The first-order valence-corrected chi connectivity index (χ1v) is 5.50. The number of aliphatic hydroxyl groups is 1. The molecule has 0 radical (unpaired) electrons. The van der Waals surface area contributed by atoms with Crippen LogP contribution in [0.25, 0.3) is 0 Å².